The number of pyridine rings is 1. The molecule has 0 bridgehead atoms. The molecule has 0 saturated carbocycles. The van der Waals surface area contributed by atoms with Crippen molar-refractivity contribution < 1.29 is 28.2 Å². The molecule has 12 aromatic rings. The van der Waals surface area contributed by atoms with Crippen LogP contribution in [0.1, 0.15) is 62.3 Å². The third-order valence-electron chi connectivity index (χ3n) is 15.0. The second-order valence-electron chi connectivity index (χ2n) is 22.0. The van der Waals surface area contributed by atoms with Gasteiger partial charge in [-0.2, -0.15) is 12.1 Å². The molecule has 1 aliphatic heterocycles. The van der Waals surface area contributed by atoms with Gasteiger partial charge in [-0.05, 0) is 11.5 Å². The number of para-hydroxylation sites is 3. The van der Waals surface area contributed by atoms with E-state index in [4.69, 9.17) is 13.8 Å². The van der Waals surface area contributed by atoms with Crippen molar-refractivity contribution in [1.82, 2.24) is 18.6 Å². The third-order valence-corrected chi connectivity index (χ3v) is 16.0. The molecule has 77 heavy (non-hydrogen) atoms. The topological polar surface area (TPSA) is 40.1 Å². The number of benzene rings is 9. The monoisotopic (exact) mass is 1180 g/mol. The van der Waals surface area contributed by atoms with Gasteiger partial charge in [-0.15, -0.1) is 5.39 Å². The molecule has 378 valence electrons. The summed E-state index contributed by atoms with van der Waals surface area (Å²) in [7, 11) is 0. The van der Waals surface area contributed by atoms with Crippen molar-refractivity contribution in [2.75, 3.05) is 4.81 Å². The zero-order valence-corrected chi connectivity index (χ0v) is 46.0. The molecule has 8 heteroatoms. The summed E-state index contributed by atoms with van der Waals surface area (Å²) in [5, 5.41) is 2.29. The van der Waals surface area contributed by atoms with Crippen LogP contribution in [0, 0.1) is 22.8 Å². The van der Waals surface area contributed by atoms with Gasteiger partial charge in [0.1, 0.15) is 0 Å². The van der Waals surface area contributed by atoms with Gasteiger partial charge >= 0.3 is 386 Å². The summed E-state index contributed by atoms with van der Waals surface area (Å²) in [6.45, 7) is 10.9. The van der Waals surface area contributed by atoms with E-state index in [1.807, 2.05) is 48.5 Å². The summed E-state index contributed by atoms with van der Waals surface area (Å²) in [5.74, 6) is 1.26. The van der Waals surface area contributed by atoms with Crippen LogP contribution in [0.2, 0.25) is 0 Å². The molecule has 4 heterocycles. The van der Waals surface area contributed by atoms with Crippen LogP contribution in [0.4, 0.5) is 11.5 Å². The SMILES string of the molecule is [2H]C([2H])([2H])c1ccccc1-c1ccc(N2B(c3ccccc3)n3c4ccccc4c4cc[c-]c2c43)nc1Oc1[c-]c(-n2[c](=[Pt])n(-c3c(-c4ccccc4)cc(C(C)(C)C)cc3-c3cccc(C(C)(C)C)c3)c3ccccc32)ccc1. The Kier molecular flexibility index (Phi) is 11.0. The summed E-state index contributed by atoms with van der Waals surface area (Å²) in [4.78, 5) is 7.66. The second-order valence-corrected chi connectivity index (χ2v) is 23.0. The van der Waals surface area contributed by atoms with Crippen LogP contribution >= 0.6 is 0 Å². The Bertz CT molecular complexity index is 4450. The van der Waals surface area contributed by atoms with Crippen molar-refractivity contribution in [3.8, 4) is 56.4 Å². The molecule has 3 aromatic heterocycles. The van der Waals surface area contributed by atoms with Crippen LogP contribution in [-0.2, 0) is 30.2 Å². The molecule has 6 nitrogen and oxygen atoms in total. The zero-order chi connectivity index (χ0) is 55.2. The number of aromatic nitrogens is 4. The van der Waals surface area contributed by atoms with Gasteiger partial charge < -0.3 is 0 Å². The maximum atomic E-state index is 8.66. The van der Waals surface area contributed by atoms with Crippen molar-refractivity contribution >= 4 is 56.8 Å². The molecule has 0 spiro atoms. The van der Waals surface area contributed by atoms with E-state index in [0.717, 1.165) is 76.0 Å². The Morgan fingerprint density at radius 3 is 1.96 bits per heavy atom. The predicted octanol–water partition coefficient (Wildman–Crippen LogP) is 16.7. The Hall–Kier alpha value is -8.25. The van der Waals surface area contributed by atoms with Crippen molar-refractivity contribution in [2.24, 2.45) is 0 Å². The first-order chi connectivity index (χ1) is 38.5. The minimum absolute atomic E-state index is 0.0644. The van der Waals surface area contributed by atoms with E-state index in [-0.39, 0.29) is 29.3 Å². The first-order valence-corrected chi connectivity index (χ1v) is 27.3. The van der Waals surface area contributed by atoms with E-state index in [9.17, 15) is 0 Å². The fraction of sp³-hybridized carbons (Fsp3) is 0.130. The zero-order valence-electron chi connectivity index (χ0n) is 46.7. The number of hydrogen-bond donors (Lipinski definition) is 0. The first kappa shape index (κ1) is 45.0. The Labute approximate surface area is 466 Å². The Morgan fingerprint density at radius 1 is 0.558 bits per heavy atom. The van der Waals surface area contributed by atoms with E-state index in [0.29, 0.717) is 22.7 Å². The summed E-state index contributed by atoms with van der Waals surface area (Å²) < 4.78 is 41.0. The molecule has 13 rings (SSSR count). The molecule has 1 aliphatic rings. The summed E-state index contributed by atoms with van der Waals surface area (Å²) in [5.41, 5.74) is 16.0. The van der Waals surface area contributed by atoms with Crippen molar-refractivity contribution in [2.45, 2.75) is 59.2 Å². The minimum atomic E-state index is -2.41. The number of hydrogen-bond acceptors (Lipinski definition) is 3. The average Bonchev–Trinajstić information content (AvgIpc) is 4.25. The second kappa shape index (κ2) is 18.8. The number of rotatable bonds is 9. The fourth-order valence-corrected chi connectivity index (χ4v) is 12.3. The maximum absolute atomic E-state index is 8.66. The standard InChI is InChI=1S/C69H56BN5O.Pt/c1-46-23-14-15-32-54(46)57-39-40-64(74-63-38-22-34-56-55-33-16-17-35-60(55)75(66(56)63)70(74)51-28-12-9-13-29-51)71-67(57)76-53-31-21-30-52(44-53)72-45-73(62-37-19-18-36-61(62)72)65-58(47-24-10-8-11-25-47)42-50(69(5,6)7)43-59(65)48-26-20-27-49(41-48)68(2,3)4;/h8-37,39-43H,1-7H3;/q-2;/i1D3;. The molecular weight excluding hydrogens is 1120 g/mol. The van der Waals surface area contributed by atoms with Crippen molar-refractivity contribution in [1.29, 1.82) is 0 Å². The molecule has 0 unspecified atom stereocenters. The number of imidazole rings is 1. The Balaban J connectivity index is 1.00. The normalized spacial score (nSPS) is 13.4. The number of aryl methyl sites for hydroxylation is 1. The molecule has 0 N–H and O–H groups in total. The van der Waals surface area contributed by atoms with Crippen LogP contribution in [-0.4, -0.2) is 25.6 Å². The van der Waals surface area contributed by atoms with E-state index in [2.05, 4.69) is 243 Å². The molecular formula is C69H56BN5OPt-2. The van der Waals surface area contributed by atoms with Gasteiger partial charge in [0, 0.05) is 5.52 Å². The van der Waals surface area contributed by atoms with Crippen LogP contribution in [0.15, 0.2) is 212 Å². The fourth-order valence-electron chi connectivity index (χ4n) is 11.2. The number of ether oxygens (including phenoxy) is 1. The van der Waals surface area contributed by atoms with Gasteiger partial charge in [-0.3, -0.25) is 0 Å². The molecule has 0 aliphatic carbocycles. The predicted molar refractivity (Wildman–Crippen MR) is 315 cm³/mol. The van der Waals surface area contributed by atoms with Gasteiger partial charge in [0.05, 0.1) is 0 Å². The molecule has 9 aromatic carbocycles. The van der Waals surface area contributed by atoms with Crippen molar-refractivity contribution in [3.05, 3.63) is 245 Å². The molecule has 0 atom stereocenters. The Morgan fingerprint density at radius 2 is 1.21 bits per heavy atom. The summed E-state index contributed by atoms with van der Waals surface area (Å²) in [6.07, 6.45) is 0. The van der Waals surface area contributed by atoms with E-state index < -0.39 is 6.85 Å². The molecule has 0 amide bonds. The van der Waals surface area contributed by atoms with Crippen LogP contribution in [0.5, 0.6) is 11.6 Å². The van der Waals surface area contributed by atoms with Crippen LogP contribution < -0.4 is 15.0 Å². The quantitative estimate of drug-likeness (QED) is 0.107. The van der Waals surface area contributed by atoms with Gasteiger partial charge in [0.2, 0.25) is 0 Å². The van der Waals surface area contributed by atoms with E-state index in [1.165, 1.54) is 16.5 Å². The molecule has 0 saturated heterocycles. The summed E-state index contributed by atoms with van der Waals surface area (Å²) in [6, 6.07) is 80.4. The van der Waals surface area contributed by atoms with Gasteiger partial charge in [0.25, 0.3) is 0 Å². The first-order valence-electron chi connectivity index (χ1n) is 27.6. The molecule has 0 fully saturated rings. The number of nitrogens with zero attached hydrogens (tertiary/aromatic N) is 5. The number of fused-ring (bicyclic) bond motifs is 4. The van der Waals surface area contributed by atoms with Crippen LogP contribution in [0.3, 0.4) is 0 Å². The van der Waals surface area contributed by atoms with Crippen molar-refractivity contribution in [3.63, 3.8) is 0 Å². The molecule has 0 radical (unpaired) electrons. The van der Waals surface area contributed by atoms with Gasteiger partial charge in [0.15, 0.2) is 0 Å². The van der Waals surface area contributed by atoms with Gasteiger partial charge in [-0.1, -0.05) is 48.5 Å². The van der Waals surface area contributed by atoms with Gasteiger partial charge in [-0.25, -0.2) is 0 Å². The van der Waals surface area contributed by atoms with Crippen LogP contribution in [0.25, 0.3) is 77.6 Å². The number of anilines is 2. The summed E-state index contributed by atoms with van der Waals surface area (Å²) >= 11 is 2.48. The van der Waals surface area contributed by atoms with E-state index in [1.54, 1.807) is 12.1 Å². The average molecular weight is 1180 g/mol. The third kappa shape index (κ3) is 8.31. The van der Waals surface area contributed by atoms with E-state index >= 15 is 0 Å².